The molecular weight excluding hydrogens is 282 g/mol. The fourth-order valence-corrected chi connectivity index (χ4v) is 1.93. The van der Waals surface area contributed by atoms with E-state index in [4.69, 9.17) is 16.7 Å². The fraction of sp³-hybridized carbons (Fsp3) is 0.0909. The van der Waals surface area contributed by atoms with E-state index in [0.717, 1.165) is 10.0 Å². The lowest BCUT2D eigenvalue weighted by molar-refractivity contribution is 0.698. The molecule has 5 nitrogen and oxygen atoms in total. The van der Waals surface area contributed by atoms with E-state index in [-0.39, 0.29) is 11.4 Å². The predicted molar refractivity (Wildman–Crippen MR) is 69.0 cm³/mol. The van der Waals surface area contributed by atoms with Crippen LogP contribution in [-0.2, 0) is 6.54 Å². The Labute approximate surface area is 107 Å². The molecule has 0 atom stereocenters. The van der Waals surface area contributed by atoms with Crippen molar-refractivity contribution >= 4 is 27.6 Å². The summed E-state index contributed by atoms with van der Waals surface area (Å²) in [5.74, 6) is 0.456. The minimum Gasteiger partial charge on any atom is -0.383 e. The Morgan fingerprint density at radius 1 is 1.35 bits per heavy atom. The molecule has 1 aromatic heterocycles. The van der Waals surface area contributed by atoms with E-state index in [0.29, 0.717) is 12.4 Å². The molecule has 0 aliphatic rings. The zero-order valence-electron chi connectivity index (χ0n) is 8.89. The van der Waals surface area contributed by atoms with Crippen LogP contribution in [0.1, 0.15) is 11.1 Å². The van der Waals surface area contributed by atoms with E-state index in [9.17, 15) is 0 Å². The van der Waals surface area contributed by atoms with Gasteiger partial charge in [0.25, 0.3) is 0 Å². The molecule has 1 aromatic carbocycles. The number of nitrogens with zero attached hydrogens (tertiary/aromatic N) is 3. The van der Waals surface area contributed by atoms with Crippen molar-refractivity contribution in [2.24, 2.45) is 0 Å². The Morgan fingerprint density at radius 2 is 2.06 bits per heavy atom. The van der Waals surface area contributed by atoms with Crippen LogP contribution in [0.2, 0.25) is 0 Å². The molecule has 1 heterocycles. The molecule has 0 aliphatic heterocycles. The maximum Gasteiger partial charge on any atom is 0.165 e. The topological polar surface area (TPSA) is 93.6 Å². The number of hydrogen-bond donors (Lipinski definition) is 2. The van der Waals surface area contributed by atoms with Crippen molar-refractivity contribution in [3.05, 3.63) is 39.9 Å². The maximum absolute atomic E-state index is 8.86. The lowest BCUT2D eigenvalue weighted by Crippen LogP contribution is -2.06. The van der Waals surface area contributed by atoms with Crippen LogP contribution in [0.4, 0.5) is 11.6 Å². The summed E-state index contributed by atoms with van der Waals surface area (Å²) < 4.78 is 2.49. The first-order chi connectivity index (χ1) is 8.13. The Morgan fingerprint density at radius 3 is 2.65 bits per heavy atom. The molecule has 0 unspecified atom stereocenters. The molecule has 2 rings (SSSR count). The van der Waals surface area contributed by atoms with Gasteiger partial charge in [-0.15, -0.1) is 0 Å². The number of aromatic nitrogens is 2. The molecular formula is C11H10BrN5. The Hall–Kier alpha value is -2.00. The SMILES string of the molecule is N#Cc1c(N)nn(Cc2ccccc2Br)c1N. The second kappa shape index (κ2) is 4.47. The molecule has 0 fully saturated rings. The van der Waals surface area contributed by atoms with Gasteiger partial charge in [0.15, 0.2) is 5.82 Å². The lowest BCUT2D eigenvalue weighted by atomic mass is 10.2. The second-order valence-electron chi connectivity index (χ2n) is 3.51. The van der Waals surface area contributed by atoms with E-state index in [1.165, 1.54) is 4.68 Å². The summed E-state index contributed by atoms with van der Waals surface area (Å²) in [6.07, 6.45) is 0. The largest absolute Gasteiger partial charge is 0.383 e. The molecule has 0 amide bonds. The number of hydrogen-bond acceptors (Lipinski definition) is 4. The quantitative estimate of drug-likeness (QED) is 0.881. The van der Waals surface area contributed by atoms with Crippen molar-refractivity contribution in [2.45, 2.75) is 6.54 Å². The summed E-state index contributed by atoms with van der Waals surface area (Å²) in [5, 5.41) is 12.9. The average molecular weight is 292 g/mol. The minimum atomic E-state index is 0.164. The zero-order valence-corrected chi connectivity index (χ0v) is 10.5. The van der Waals surface area contributed by atoms with Crippen molar-refractivity contribution in [1.82, 2.24) is 9.78 Å². The van der Waals surface area contributed by atoms with Gasteiger partial charge in [0.2, 0.25) is 0 Å². The smallest absolute Gasteiger partial charge is 0.165 e. The van der Waals surface area contributed by atoms with Crippen LogP contribution in [0.15, 0.2) is 28.7 Å². The van der Waals surface area contributed by atoms with E-state index in [1.807, 2.05) is 30.3 Å². The van der Waals surface area contributed by atoms with Crippen LogP contribution >= 0.6 is 15.9 Å². The summed E-state index contributed by atoms with van der Waals surface area (Å²) in [6, 6.07) is 9.68. The van der Waals surface area contributed by atoms with Crippen molar-refractivity contribution < 1.29 is 0 Å². The Bertz CT molecular complexity index is 596. The molecule has 0 radical (unpaired) electrons. The highest BCUT2D eigenvalue weighted by molar-refractivity contribution is 9.10. The van der Waals surface area contributed by atoms with Gasteiger partial charge in [0.1, 0.15) is 17.5 Å². The number of anilines is 2. The number of benzene rings is 1. The van der Waals surface area contributed by atoms with Crippen LogP contribution in [0, 0.1) is 11.3 Å². The number of rotatable bonds is 2. The zero-order chi connectivity index (χ0) is 12.4. The van der Waals surface area contributed by atoms with Gasteiger partial charge in [0, 0.05) is 4.47 Å². The number of halogens is 1. The van der Waals surface area contributed by atoms with Crippen LogP contribution < -0.4 is 11.5 Å². The van der Waals surface area contributed by atoms with Gasteiger partial charge in [-0.25, -0.2) is 4.68 Å². The second-order valence-corrected chi connectivity index (χ2v) is 4.36. The number of nitrogen functional groups attached to an aromatic ring is 2. The Kier molecular flexibility index (Phi) is 3.02. The Balaban J connectivity index is 2.38. The molecule has 0 saturated heterocycles. The van der Waals surface area contributed by atoms with Crippen LogP contribution in [0.3, 0.4) is 0 Å². The third kappa shape index (κ3) is 2.10. The molecule has 0 bridgehead atoms. The van der Waals surface area contributed by atoms with Crippen molar-refractivity contribution in [2.75, 3.05) is 11.5 Å². The van der Waals surface area contributed by atoms with Gasteiger partial charge in [0.05, 0.1) is 6.54 Å². The molecule has 0 spiro atoms. The maximum atomic E-state index is 8.86. The summed E-state index contributed by atoms with van der Waals surface area (Å²) in [7, 11) is 0. The van der Waals surface area contributed by atoms with Crippen molar-refractivity contribution in [3.8, 4) is 6.07 Å². The summed E-state index contributed by atoms with van der Waals surface area (Å²) in [5.41, 5.74) is 12.6. The molecule has 4 N–H and O–H groups in total. The van der Waals surface area contributed by atoms with Crippen LogP contribution in [0.25, 0.3) is 0 Å². The number of nitrogens with two attached hydrogens (primary N) is 2. The standard InChI is InChI=1S/C11H10BrN5/c12-9-4-2-1-3-7(9)6-17-11(15)8(5-13)10(14)16-17/h1-4H,6,15H2,(H2,14,16). The van der Waals surface area contributed by atoms with Crippen LogP contribution in [-0.4, -0.2) is 9.78 Å². The number of nitriles is 1. The van der Waals surface area contributed by atoms with Gasteiger partial charge in [-0.05, 0) is 11.6 Å². The fourth-order valence-electron chi connectivity index (χ4n) is 1.52. The van der Waals surface area contributed by atoms with E-state index in [1.54, 1.807) is 0 Å². The minimum absolute atomic E-state index is 0.164. The molecule has 6 heteroatoms. The first-order valence-corrected chi connectivity index (χ1v) is 5.68. The molecule has 0 saturated carbocycles. The highest BCUT2D eigenvalue weighted by Gasteiger charge is 2.13. The van der Waals surface area contributed by atoms with Crippen LogP contribution in [0.5, 0.6) is 0 Å². The summed E-state index contributed by atoms with van der Waals surface area (Å²) in [6.45, 7) is 0.471. The highest BCUT2D eigenvalue weighted by Crippen LogP contribution is 2.22. The molecule has 86 valence electrons. The lowest BCUT2D eigenvalue weighted by Gasteiger charge is -2.05. The molecule has 2 aromatic rings. The van der Waals surface area contributed by atoms with Gasteiger partial charge >= 0.3 is 0 Å². The molecule has 0 aliphatic carbocycles. The average Bonchev–Trinajstić information content (AvgIpc) is 2.57. The van der Waals surface area contributed by atoms with Gasteiger partial charge in [-0.3, -0.25) is 0 Å². The first-order valence-electron chi connectivity index (χ1n) is 4.88. The van der Waals surface area contributed by atoms with E-state index >= 15 is 0 Å². The van der Waals surface area contributed by atoms with Gasteiger partial charge < -0.3 is 11.5 Å². The monoisotopic (exact) mass is 291 g/mol. The summed E-state index contributed by atoms with van der Waals surface area (Å²) >= 11 is 3.44. The van der Waals surface area contributed by atoms with Gasteiger partial charge in [-0.2, -0.15) is 10.4 Å². The van der Waals surface area contributed by atoms with Gasteiger partial charge in [-0.1, -0.05) is 34.1 Å². The normalized spacial score (nSPS) is 10.1. The predicted octanol–water partition coefficient (Wildman–Crippen LogP) is 1.73. The highest BCUT2D eigenvalue weighted by atomic mass is 79.9. The third-order valence-electron chi connectivity index (χ3n) is 2.41. The van der Waals surface area contributed by atoms with Crippen molar-refractivity contribution in [1.29, 1.82) is 5.26 Å². The third-order valence-corrected chi connectivity index (χ3v) is 3.18. The van der Waals surface area contributed by atoms with E-state index in [2.05, 4.69) is 21.0 Å². The first kappa shape index (κ1) is 11.5. The molecule has 17 heavy (non-hydrogen) atoms. The van der Waals surface area contributed by atoms with E-state index < -0.39 is 0 Å². The van der Waals surface area contributed by atoms with Crippen molar-refractivity contribution in [3.63, 3.8) is 0 Å². The summed E-state index contributed by atoms with van der Waals surface area (Å²) in [4.78, 5) is 0.